The summed E-state index contributed by atoms with van der Waals surface area (Å²) in [6.07, 6.45) is -0.0361. The van der Waals surface area contributed by atoms with Gasteiger partial charge in [0, 0.05) is 15.6 Å². The maximum atomic E-state index is 14.6. The number of carbonyl (C=O) groups excluding carboxylic acids is 2. The average molecular weight is 452 g/mol. The quantitative estimate of drug-likeness (QED) is 0.415. The highest BCUT2D eigenvalue weighted by Gasteiger charge is 2.22. The van der Waals surface area contributed by atoms with Crippen LogP contribution in [0.5, 0.6) is 5.75 Å². The van der Waals surface area contributed by atoms with E-state index in [1.807, 2.05) is 18.2 Å². The van der Waals surface area contributed by atoms with E-state index in [1.54, 1.807) is 24.3 Å². The number of para-hydroxylation sites is 1. The molecule has 2 N–H and O–H groups in total. The SMILES string of the molecule is O=C(Cc1ccc(F)cc1)NNC(=O)c1sc2cccc(F)c2c1COc1ccccc1. The van der Waals surface area contributed by atoms with Crippen LogP contribution in [0.2, 0.25) is 0 Å². The number of hydrazine groups is 1. The third-order valence-corrected chi connectivity index (χ3v) is 5.89. The third kappa shape index (κ3) is 4.92. The van der Waals surface area contributed by atoms with Crippen molar-refractivity contribution in [2.24, 2.45) is 0 Å². The van der Waals surface area contributed by atoms with Gasteiger partial charge in [-0.15, -0.1) is 11.3 Å². The fourth-order valence-corrected chi connectivity index (χ4v) is 4.29. The number of carbonyl (C=O) groups is 2. The molecule has 0 aliphatic rings. The van der Waals surface area contributed by atoms with Gasteiger partial charge in [-0.3, -0.25) is 20.4 Å². The van der Waals surface area contributed by atoms with E-state index < -0.39 is 23.4 Å². The Bertz CT molecular complexity index is 1260. The molecule has 1 aromatic heterocycles. The molecule has 32 heavy (non-hydrogen) atoms. The molecule has 5 nitrogen and oxygen atoms in total. The lowest BCUT2D eigenvalue weighted by Crippen LogP contribution is -2.42. The lowest BCUT2D eigenvalue weighted by molar-refractivity contribution is -0.121. The van der Waals surface area contributed by atoms with Gasteiger partial charge in [0.15, 0.2) is 0 Å². The first-order valence-electron chi connectivity index (χ1n) is 9.72. The van der Waals surface area contributed by atoms with Gasteiger partial charge in [0.1, 0.15) is 28.9 Å². The minimum Gasteiger partial charge on any atom is -0.489 e. The number of rotatable bonds is 6. The van der Waals surface area contributed by atoms with Crippen molar-refractivity contribution in [2.75, 3.05) is 0 Å². The zero-order chi connectivity index (χ0) is 22.5. The van der Waals surface area contributed by atoms with E-state index in [0.29, 0.717) is 27.0 Å². The van der Waals surface area contributed by atoms with Gasteiger partial charge in [-0.1, -0.05) is 36.4 Å². The minimum atomic E-state index is -0.579. The molecule has 0 saturated heterocycles. The number of ether oxygens (including phenoxy) is 1. The molecule has 3 aromatic carbocycles. The van der Waals surface area contributed by atoms with Gasteiger partial charge in [0.2, 0.25) is 5.91 Å². The Morgan fingerprint density at radius 3 is 2.38 bits per heavy atom. The summed E-state index contributed by atoms with van der Waals surface area (Å²) >= 11 is 1.11. The van der Waals surface area contributed by atoms with Gasteiger partial charge in [0.05, 0.1) is 6.42 Å². The predicted octanol–water partition coefficient (Wildman–Crippen LogP) is 4.76. The Balaban J connectivity index is 1.50. The van der Waals surface area contributed by atoms with Crippen LogP contribution in [0.1, 0.15) is 20.8 Å². The first-order chi connectivity index (χ1) is 15.5. The smallest absolute Gasteiger partial charge is 0.280 e. The third-order valence-electron chi connectivity index (χ3n) is 4.69. The molecular formula is C24H18F2N2O3S. The molecule has 0 unspecified atom stereocenters. The molecule has 8 heteroatoms. The monoisotopic (exact) mass is 452 g/mol. The van der Waals surface area contributed by atoms with E-state index >= 15 is 0 Å². The number of thiophene rings is 1. The highest BCUT2D eigenvalue weighted by Crippen LogP contribution is 2.34. The number of hydrogen-bond acceptors (Lipinski definition) is 4. The van der Waals surface area contributed by atoms with E-state index in [0.717, 1.165) is 11.3 Å². The molecule has 4 aromatic rings. The summed E-state index contributed by atoms with van der Waals surface area (Å²) in [6.45, 7) is -0.0166. The molecule has 0 saturated carbocycles. The molecule has 4 rings (SSSR count). The van der Waals surface area contributed by atoms with Gasteiger partial charge in [0.25, 0.3) is 5.91 Å². The largest absolute Gasteiger partial charge is 0.489 e. The van der Waals surface area contributed by atoms with Gasteiger partial charge < -0.3 is 4.74 Å². The summed E-state index contributed by atoms with van der Waals surface area (Å²) in [5.74, 6) is -1.32. The van der Waals surface area contributed by atoms with Crippen LogP contribution in [-0.4, -0.2) is 11.8 Å². The van der Waals surface area contributed by atoms with E-state index in [-0.39, 0.29) is 17.9 Å². The minimum absolute atomic E-state index is 0.0166. The standard InChI is InChI=1S/C24H18F2N2O3S/c25-16-11-9-15(10-12-16)13-21(29)27-28-24(30)23-18(14-31-17-5-2-1-3-6-17)22-19(26)7-4-8-20(22)32-23/h1-12H,13-14H2,(H,27,29)(H,28,30). The molecule has 0 aliphatic heterocycles. The van der Waals surface area contributed by atoms with Gasteiger partial charge in [-0.2, -0.15) is 0 Å². The summed E-state index contributed by atoms with van der Waals surface area (Å²) in [5, 5.41) is 0.316. The van der Waals surface area contributed by atoms with Crippen molar-refractivity contribution in [3.8, 4) is 5.75 Å². The predicted molar refractivity (Wildman–Crippen MR) is 118 cm³/mol. The molecule has 0 bridgehead atoms. The Morgan fingerprint density at radius 2 is 1.62 bits per heavy atom. The van der Waals surface area contributed by atoms with Crippen molar-refractivity contribution in [1.29, 1.82) is 0 Å². The van der Waals surface area contributed by atoms with Crippen LogP contribution in [0, 0.1) is 11.6 Å². The Morgan fingerprint density at radius 1 is 0.875 bits per heavy atom. The number of nitrogens with one attached hydrogen (secondary N) is 2. The summed E-state index contributed by atoms with van der Waals surface area (Å²) in [4.78, 5) is 25.2. The molecule has 0 spiro atoms. The molecular weight excluding hydrogens is 434 g/mol. The van der Waals surface area contributed by atoms with Crippen molar-refractivity contribution >= 4 is 33.2 Å². The number of amides is 2. The fourth-order valence-electron chi connectivity index (χ4n) is 3.18. The Kier molecular flexibility index (Phi) is 6.42. The number of fused-ring (bicyclic) bond motifs is 1. The summed E-state index contributed by atoms with van der Waals surface area (Å²) < 4.78 is 33.9. The molecule has 0 aliphatic carbocycles. The molecule has 2 amide bonds. The van der Waals surface area contributed by atoms with Crippen LogP contribution in [0.3, 0.4) is 0 Å². The van der Waals surface area contributed by atoms with E-state index in [2.05, 4.69) is 10.9 Å². The normalized spacial score (nSPS) is 10.7. The molecule has 0 atom stereocenters. The summed E-state index contributed by atoms with van der Waals surface area (Å²) in [7, 11) is 0. The molecule has 0 radical (unpaired) electrons. The molecule has 1 heterocycles. The van der Waals surface area contributed by atoms with Gasteiger partial charge in [-0.25, -0.2) is 8.78 Å². The van der Waals surface area contributed by atoms with Crippen LogP contribution >= 0.6 is 11.3 Å². The van der Waals surface area contributed by atoms with Crippen molar-refractivity contribution < 1.29 is 23.1 Å². The number of halogens is 2. The topological polar surface area (TPSA) is 67.4 Å². The van der Waals surface area contributed by atoms with E-state index in [9.17, 15) is 18.4 Å². The van der Waals surface area contributed by atoms with Crippen molar-refractivity contribution in [3.63, 3.8) is 0 Å². The summed E-state index contributed by atoms with van der Waals surface area (Å²) in [5.41, 5.74) is 5.71. The Hall–Kier alpha value is -3.78. The maximum Gasteiger partial charge on any atom is 0.280 e. The fraction of sp³-hybridized carbons (Fsp3) is 0.0833. The van der Waals surface area contributed by atoms with E-state index in [4.69, 9.17) is 4.74 Å². The van der Waals surface area contributed by atoms with Gasteiger partial charge in [-0.05, 0) is 42.0 Å². The van der Waals surface area contributed by atoms with Crippen LogP contribution in [0.15, 0.2) is 72.8 Å². The zero-order valence-corrected chi connectivity index (χ0v) is 17.5. The van der Waals surface area contributed by atoms with E-state index in [1.165, 1.54) is 30.3 Å². The highest BCUT2D eigenvalue weighted by molar-refractivity contribution is 7.21. The van der Waals surface area contributed by atoms with Crippen LogP contribution in [0.4, 0.5) is 8.78 Å². The second-order valence-electron chi connectivity index (χ2n) is 6.93. The van der Waals surface area contributed by atoms with Crippen LogP contribution in [0.25, 0.3) is 10.1 Å². The van der Waals surface area contributed by atoms with Crippen molar-refractivity contribution in [1.82, 2.24) is 10.9 Å². The van der Waals surface area contributed by atoms with Crippen molar-refractivity contribution in [3.05, 3.63) is 100 Å². The second kappa shape index (κ2) is 9.57. The maximum absolute atomic E-state index is 14.6. The highest BCUT2D eigenvalue weighted by atomic mass is 32.1. The van der Waals surface area contributed by atoms with Crippen LogP contribution in [-0.2, 0) is 17.8 Å². The zero-order valence-electron chi connectivity index (χ0n) is 16.7. The number of benzene rings is 3. The average Bonchev–Trinajstić information content (AvgIpc) is 3.18. The van der Waals surface area contributed by atoms with Crippen LogP contribution < -0.4 is 15.6 Å². The number of hydrogen-bond donors (Lipinski definition) is 2. The summed E-state index contributed by atoms with van der Waals surface area (Å²) in [6, 6.07) is 19.1. The van der Waals surface area contributed by atoms with Gasteiger partial charge >= 0.3 is 0 Å². The van der Waals surface area contributed by atoms with Crippen molar-refractivity contribution in [2.45, 2.75) is 13.0 Å². The second-order valence-corrected chi connectivity index (χ2v) is 7.98. The Labute approximate surface area is 186 Å². The first kappa shape index (κ1) is 21.5. The lowest BCUT2D eigenvalue weighted by atomic mass is 10.1. The molecule has 0 fully saturated rings. The molecule has 162 valence electrons. The first-order valence-corrected chi connectivity index (χ1v) is 10.5. The lowest BCUT2D eigenvalue weighted by Gasteiger charge is -2.10.